The lowest BCUT2D eigenvalue weighted by atomic mass is 10.2. The minimum atomic E-state index is -0.716. The number of rotatable bonds is 17. The van der Waals surface area contributed by atoms with Gasteiger partial charge in [0, 0.05) is 93.9 Å². The van der Waals surface area contributed by atoms with E-state index >= 15 is 0 Å². The molecule has 3 aromatic heterocycles. The Morgan fingerprint density at radius 3 is 1.36 bits per heavy atom. The summed E-state index contributed by atoms with van der Waals surface area (Å²) in [5, 5.41) is 13.3. The van der Waals surface area contributed by atoms with Gasteiger partial charge < -0.3 is 116 Å². The number of nitrogens with one attached hydrogen (secondary N) is 1. The maximum Gasteiger partial charge on any atom is 0.410 e. The summed E-state index contributed by atoms with van der Waals surface area (Å²) in [6.07, 6.45) is -1.66. The third-order valence-corrected chi connectivity index (χ3v) is 15.4. The van der Waals surface area contributed by atoms with Crippen LogP contribution in [0.4, 0.5) is 30.1 Å². The summed E-state index contributed by atoms with van der Waals surface area (Å²) < 4.78 is 95.8. The Kier molecular flexibility index (Phi) is 44.6. The highest BCUT2D eigenvalue weighted by molar-refractivity contribution is 6.30. The lowest BCUT2D eigenvalue weighted by molar-refractivity contribution is -0.161. The first kappa shape index (κ1) is 94.4. The van der Waals surface area contributed by atoms with E-state index in [1.807, 2.05) is 73.8 Å². The van der Waals surface area contributed by atoms with Crippen molar-refractivity contribution in [3.8, 4) is 11.8 Å². The summed E-state index contributed by atoms with van der Waals surface area (Å²) in [6, 6.07) is 10.1. The summed E-state index contributed by atoms with van der Waals surface area (Å²) >= 11 is 17.3. The van der Waals surface area contributed by atoms with Crippen molar-refractivity contribution < 1.29 is 104 Å². The Morgan fingerprint density at radius 1 is 0.528 bits per heavy atom. The van der Waals surface area contributed by atoms with Gasteiger partial charge >= 0.3 is 24.2 Å². The fraction of sp³-hybridized carbons (Fsp3) is 0.732. The summed E-state index contributed by atoms with van der Waals surface area (Å²) in [4.78, 5) is 70.2. The molecule has 0 spiro atoms. The molecule has 9 heterocycles. The van der Waals surface area contributed by atoms with Gasteiger partial charge in [-0.3, -0.25) is 0 Å². The number of esters is 1. The Bertz CT molecular complexity index is 2980. The molecule has 6 aliphatic heterocycles. The van der Waals surface area contributed by atoms with Crippen molar-refractivity contribution >= 4 is 70.4 Å². The van der Waals surface area contributed by atoms with E-state index in [1.165, 1.54) is 24.1 Å². The third kappa shape index (κ3) is 38.5. The first-order valence-electron chi connectivity index (χ1n) is 35.1. The molecule has 0 aliphatic carbocycles. The van der Waals surface area contributed by atoms with Gasteiger partial charge in [-0.15, -0.1) is 0 Å². The van der Waals surface area contributed by atoms with Gasteiger partial charge in [-0.1, -0.05) is 34.8 Å². The van der Waals surface area contributed by atoms with Gasteiger partial charge in [-0.25, -0.2) is 28.6 Å². The van der Waals surface area contributed by atoms with E-state index in [9.17, 15) is 23.6 Å². The molecule has 0 aromatic carbocycles. The molecule has 106 heavy (non-hydrogen) atoms. The zero-order chi connectivity index (χ0) is 79.0. The third-order valence-electron chi connectivity index (χ3n) is 14.8. The normalized spacial score (nSPS) is 20.4. The van der Waals surface area contributed by atoms with Crippen molar-refractivity contribution in [3.63, 3.8) is 0 Å². The first-order chi connectivity index (χ1) is 50.2. The van der Waals surface area contributed by atoms with E-state index in [4.69, 9.17) is 111 Å². The molecule has 6 unspecified atom stereocenters. The van der Waals surface area contributed by atoms with E-state index in [0.29, 0.717) is 115 Å². The van der Waals surface area contributed by atoms with Gasteiger partial charge in [0.1, 0.15) is 37.9 Å². The van der Waals surface area contributed by atoms with E-state index < -0.39 is 40.8 Å². The lowest BCUT2D eigenvalue weighted by Gasteiger charge is -2.35. The number of methoxy groups -OCH3 is 6. The summed E-state index contributed by atoms with van der Waals surface area (Å²) in [5.74, 6) is -0.481. The maximum atomic E-state index is 12.5. The number of ether oxygens (including phenoxy) is 16. The molecule has 3 amide bonds. The largest absolute Gasteiger partial charge is 0.479 e. The second-order valence-corrected chi connectivity index (χ2v) is 28.7. The molecule has 31 nitrogen and oxygen atoms in total. The zero-order valence-corrected chi connectivity index (χ0v) is 67.5. The zero-order valence-electron chi connectivity index (χ0n) is 65.3. The minimum absolute atomic E-state index is 0.0498. The molecule has 9 rings (SSSR count). The number of hydrogen-bond acceptors (Lipinski definition) is 28. The monoisotopic (exact) mass is 1570 g/mol. The van der Waals surface area contributed by atoms with Crippen LogP contribution in [-0.2, 0) is 77.7 Å². The molecule has 0 bridgehead atoms. The van der Waals surface area contributed by atoms with E-state index in [2.05, 4.69) is 39.7 Å². The van der Waals surface area contributed by atoms with Crippen LogP contribution >= 0.6 is 34.8 Å². The predicted molar refractivity (Wildman–Crippen MR) is 399 cm³/mol. The van der Waals surface area contributed by atoms with Gasteiger partial charge in [-0.05, 0) is 120 Å². The molecular formula is C71H118Cl3FN10O21. The van der Waals surface area contributed by atoms with Crippen LogP contribution in [0.1, 0.15) is 74.9 Å². The van der Waals surface area contributed by atoms with Gasteiger partial charge in [0.2, 0.25) is 5.88 Å². The highest BCUT2D eigenvalue weighted by Gasteiger charge is 2.34. The van der Waals surface area contributed by atoms with Gasteiger partial charge in [0.15, 0.2) is 11.9 Å². The fourth-order valence-corrected chi connectivity index (χ4v) is 10.7. The molecule has 606 valence electrons. The number of nitrogens with zero attached hydrogens (tertiary/aromatic N) is 9. The average Bonchev–Trinajstić information content (AvgIpc) is 0.842. The second kappa shape index (κ2) is 50.1. The number of carbonyl (C=O) groups excluding carboxylic acids is 4. The Labute approximate surface area is 640 Å². The second-order valence-electron chi connectivity index (χ2n) is 27.6. The molecule has 6 aliphatic rings. The fourth-order valence-electron chi connectivity index (χ4n) is 10.2. The van der Waals surface area contributed by atoms with Crippen LogP contribution in [-0.4, -0.2) is 332 Å². The summed E-state index contributed by atoms with van der Waals surface area (Å²) in [6.45, 7) is 32.8. The Morgan fingerprint density at radius 2 is 0.925 bits per heavy atom. The standard InChI is InChI=1S/C14H22ClN3O2.C12H17ClN2O3.C12H21NO5.C11H21NO4.C10H19NO4.C6H5ClFNO.C6H13NO2/c1-17(2)9-12-13(4-5-14(15)16-12)18-6-7-20-11(8-18)10-19-3;1-16-8-9-7-15(5-6-18-9)10-3-4-11(13)14-12(10)17-2;1-5-16-10(14)9-8-13(6-7-17-9)11(15)18-12(2,3)4;1-11(2,3)16-10(13)12-5-6-15-9(7-12)8-14-4;1-10(2,3)15-9(13)11-4-5-14-8(6-11)7-12;1-10-6-4(8)2-3-5(7)9-6;1-8-5-6-4-7-2-3-9-6/h4-5,11H,6-10H2,1-3H3;3-4,9H,5-8H2,1-2H3;9H,5-8H2,1-4H3;9H,5-8H2,1-4H3;8,12H,4-7H2,1-3H3;2-3H,1H3;6-7H,2-5H2,1H3. The van der Waals surface area contributed by atoms with Crippen molar-refractivity contribution in [2.75, 3.05) is 224 Å². The van der Waals surface area contributed by atoms with Crippen molar-refractivity contribution in [2.45, 2.75) is 129 Å². The highest BCUT2D eigenvalue weighted by atomic mass is 35.5. The molecule has 6 atom stereocenters. The average molecular weight is 1570 g/mol. The van der Waals surface area contributed by atoms with Crippen molar-refractivity contribution in [1.29, 1.82) is 0 Å². The van der Waals surface area contributed by atoms with Crippen molar-refractivity contribution in [3.05, 3.63) is 63.4 Å². The maximum absolute atomic E-state index is 12.5. The van der Waals surface area contributed by atoms with E-state index in [0.717, 1.165) is 69.5 Å². The number of aliphatic hydroxyl groups is 1. The van der Waals surface area contributed by atoms with Crippen LogP contribution in [0, 0.1) is 5.82 Å². The number of halogens is 4. The predicted octanol–water partition coefficient (Wildman–Crippen LogP) is 7.82. The van der Waals surface area contributed by atoms with Crippen LogP contribution in [0.3, 0.4) is 0 Å². The number of pyridine rings is 3. The van der Waals surface area contributed by atoms with Crippen LogP contribution in [0.2, 0.25) is 15.5 Å². The summed E-state index contributed by atoms with van der Waals surface area (Å²) in [5.41, 5.74) is 1.59. The number of anilines is 2. The van der Waals surface area contributed by atoms with E-state index in [1.54, 1.807) is 79.1 Å². The Hall–Kier alpha value is -5.79. The lowest BCUT2D eigenvalue weighted by Crippen LogP contribution is -2.50. The molecule has 0 radical (unpaired) electrons. The van der Waals surface area contributed by atoms with E-state index in [-0.39, 0.29) is 66.9 Å². The first-order valence-corrected chi connectivity index (χ1v) is 36.3. The number of carbonyl (C=O) groups is 4. The molecule has 6 fully saturated rings. The van der Waals surface area contributed by atoms with Gasteiger partial charge in [0.05, 0.1) is 155 Å². The SMILES string of the molecule is CC(C)(C)OC(=O)N1CCOC(CO)C1.CCOC(=O)C1CN(C(=O)OC(C)(C)C)CCO1.COCC1CN(C(=O)OC(C)(C)C)CCO1.COCC1CN(c2ccc(Cl)nc2CN(C)C)CCO1.COCC1CN(c2ccc(Cl)nc2OC)CCO1.COCC1CNCCO1.COc1nc(Cl)ccc1F. The molecule has 35 heteroatoms. The Balaban J connectivity index is 0.000000325. The molecule has 2 N–H and O–H groups in total. The molecule has 6 saturated heterocycles. The summed E-state index contributed by atoms with van der Waals surface area (Å²) in [7, 11) is 13.7. The molecular weight excluding hydrogens is 1450 g/mol. The van der Waals surface area contributed by atoms with Crippen molar-refractivity contribution in [2.24, 2.45) is 0 Å². The number of amides is 3. The van der Waals surface area contributed by atoms with Crippen LogP contribution < -0.4 is 24.6 Å². The quantitative estimate of drug-likeness (QED) is 0.0739. The van der Waals surface area contributed by atoms with Crippen LogP contribution in [0.5, 0.6) is 11.8 Å². The number of morpholine rings is 6. The number of hydrogen-bond donors (Lipinski definition) is 2. The smallest absolute Gasteiger partial charge is 0.410 e. The minimum Gasteiger partial charge on any atom is -0.479 e. The number of aliphatic hydroxyl groups excluding tert-OH is 1. The number of aromatic nitrogens is 3. The topological polar surface area (TPSA) is 306 Å². The van der Waals surface area contributed by atoms with Crippen LogP contribution in [0.15, 0.2) is 36.4 Å². The van der Waals surface area contributed by atoms with Gasteiger partial charge in [-0.2, -0.15) is 9.97 Å². The highest BCUT2D eigenvalue weighted by Crippen LogP contribution is 2.30. The molecule has 3 aromatic rings. The molecule has 0 saturated carbocycles. The van der Waals surface area contributed by atoms with Crippen LogP contribution in [0.25, 0.3) is 0 Å². The van der Waals surface area contributed by atoms with Gasteiger partial charge in [0.25, 0.3) is 5.88 Å². The van der Waals surface area contributed by atoms with Crippen molar-refractivity contribution in [1.82, 2.24) is 39.9 Å².